The molecule has 88 valence electrons. The van der Waals surface area contributed by atoms with E-state index in [2.05, 4.69) is 5.32 Å². The molecule has 0 amide bonds. The average molecular weight is 287 g/mol. The molecule has 1 nitrogen and oxygen atoms in total. The Balaban J connectivity index is 2.34. The van der Waals surface area contributed by atoms with E-state index in [0.717, 1.165) is 22.0 Å². The Morgan fingerprint density at radius 1 is 0.941 bits per heavy atom. The van der Waals surface area contributed by atoms with Gasteiger partial charge in [0, 0.05) is 26.4 Å². The van der Waals surface area contributed by atoms with Gasteiger partial charge in [-0.15, -0.1) is 0 Å². The highest BCUT2D eigenvalue weighted by atomic mass is 35.5. The second kappa shape index (κ2) is 5.18. The number of benzene rings is 2. The van der Waals surface area contributed by atoms with E-state index in [1.165, 1.54) is 0 Å². The van der Waals surface area contributed by atoms with Crippen LogP contribution in [0.25, 0.3) is 0 Å². The number of anilines is 2. The lowest BCUT2D eigenvalue weighted by molar-refractivity contribution is 1.43. The van der Waals surface area contributed by atoms with Crippen LogP contribution in [0.3, 0.4) is 0 Å². The van der Waals surface area contributed by atoms with E-state index in [0.29, 0.717) is 10.0 Å². The average Bonchev–Trinajstić information content (AvgIpc) is 2.23. The minimum Gasteiger partial charge on any atom is -0.355 e. The standard InChI is InChI=1S/C13H10Cl3N/c1-8-12(16)3-2-4-13(8)17-11-6-9(14)5-10(15)7-11/h2-7,17H,1H3. The molecule has 0 aromatic heterocycles. The summed E-state index contributed by atoms with van der Waals surface area (Å²) in [5.41, 5.74) is 2.77. The first kappa shape index (κ1) is 12.6. The zero-order chi connectivity index (χ0) is 12.4. The van der Waals surface area contributed by atoms with Crippen molar-refractivity contribution >= 4 is 46.2 Å². The highest BCUT2D eigenvalue weighted by Gasteiger charge is 2.03. The molecule has 0 aliphatic rings. The molecule has 2 aromatic carbocycles. The van der Waals surface area contributed by atoms with Gasteiger partial charge in [0.25, 0.3) is 0 Å². The van der Waals surface area contributed by atoms with Crippen LogP contribution in [0.2, 0.25) is 15.1 Å². The number of hydrogen-bond donors (Lipinski definition) is 1. The molecule has 0 fully saturated rings. The molecule has 0 unspecified atom stereocenters. The third kappa shape index (κ3) is 3.06. The Bertz CT molecular complexity index is 532. The quantitative estimate of drug-likeness (QED) is 0.747. The molecule has 0 saturated carbocycles. The molecule has 2 rings (SSSR count). The zero-order valence-corrected chi connectivity index (χ0v) is 11.4. The van der Waals surface area contributed by atoms with E-state index in [1.807, 2.05) is 37.3 Å². The largest absolute Gasteiger partial charge is 0.355 e. The van der Waals surface area contributed by atoms with Gasteiger partial charge in [0.2, 0.25) is 0 Å². The van der Waals surface area contributed by atoms with Crippen LogP contribution < -0.4 is 5.32 Å². The summed E-state index contributed by atoms with van der Waals surface area (Å²) < 4.78 is 0. The Labute approximate surface area is 115 Å². The van der Waals surface area contributed by atoms with Crippen LogP contribution >= 0.6 is 34.8 Å². The number of hydrogen-bond acceptors (Lipinski definition) is 1. The molecule has 0 aliphatic heterocycles. The van der Waals surface area contributed by atoms with Gasteiger partial charge in [0.15, 0.2) is 0 Å². The maximum atomic E-state index is 6.05. The van der Waals surface area contributed by atoms with Gasteiger partial charge < -0.3 is 5.32 Å². The van der Waals surface area contributed by atoms with Gasteiger partial charge in [-0.05, 0) is 42.8 Å². The van der Waals surface area contributed by atoms with Gasteiger partial charge in [-0.2, -0.15) is 0 Å². The van der Waals surface area contributed by atoms with Crippen molar-refractivity contribution in [2.24, 2.45) is 0 Å². The summed E-state index contributed by atoms with van der Waals surface area (Å²) in [6.45, 7) is 1.96. The normalized spacial score (nSPS) is 10.4. The van der Waals surface area contributed by atoms with Crippen LogP contribution in [0.5, 0.6) is 0 Å². The van der Waals surface area contributed by atoms with E-state index >= 15 is 0 Å². The summed E-state index contributed by atoms with van der Waals surface area (Å²) in [6, 6.07) is 11.0. The van der Waals surface area contributed by atoms with Crippen LogP contribution in [0.1, 0.15) is 5.56 Å². The number of halogens is 3. The number of nitrogens with one attached hydrogen (secondary N) is 1. The molecule has 0 saturated heterocycles. The molecule has 2 aromatic rings. The van der Waals surface area contributed by atoms with Gasteiger partial charge in [-0.1, -0.05) is 40.9 Å². The van der Waals surface area contributed by atoms with E-state index in [-0.39, 0.29) is 0 Å². The van der Waals surface area contributed by atoms with Crippen molar-refractivity contribution in [1.29, 1.82) is 0 Å². The molecule has 0 heterocycles. The summed E-state index contributed by atoms with van der Waals surface area (Å²) in [5, 5.41) is 5.16. The van der Waals surface area contributed by atoms with Crippen LogP contribution in [0, 0.1) is 6.92 Å². The SMILES string of the molecule is Cc1c(Cl)cccc1Nc1cc(Cl)cc(Cl)c1. The lowest BCUT2D eigenvalue weighted by Gasteiger charge is -2.11. The third-order valence-corrected chi connectivity index (χ3v) is 3.26. The highest BCUT2D eigenvalue weighted by molar-refractivity contribution is 6.35. The molecule has 17 heavy (non-hydrogen) atoms. The minimum absolute atomic E-state index is 0.597. The van der Waals surface area contributed by atoms with Crippen molar-refractivity contribution in [3.8, 4) is 0 Å². The Hall–Kier alpha value is -0.890. The maximum absolute atomic E-state index is 6.05. The molecular formula is C13H10Cl3N. The van der Waals surface area contributed by atoms with Crippen molar-refractivity contribution in [2.75, 3.05) is 5.32 Å². The summed E-state index contributed by atoms with van der Waals surface area (Å²) in [5.74, 6) is 0. The first-order valence-electron chi connectivity index (χ1n) is 5.04. The molecule has 0 radical (unpaired) electrons. The van der Waals surface area contributed by atoms with Crippen molar-refractivity contribution in [1.82, 2.24) is 0 Å². The van der Waals surface area contributed by atoms with Crippen LogP contribution in [-0.4, -0.2) is 0 Å². The second-order valence-corrected chi connectivity index (χ2v) is 4.98. The van der Waals surface area contributed by atoms with Gasteiger partial charge in [-0.3, -0.25) is 0 Å². The van der Waals surface area contributed by atoms with E-state index in [1.54, 1.807) is 6.07 Å². The smallest absolute Gasteiger partial charge is 0.0455 e. The Morgan fingerprint density at radius 2 is 1.59 bits per heavy atom. The number of rotatable bonds is 2. The lowest BCUT2D eigenvalue weighted by atomic mass is 10.2. The van der Waals surface area contributed by atoms with Gasteiger partial charge in [0.1, 0.15) is 0 Å². The van der Waals surface area contributed by atoms with Crippen molar-refractivity contribution in [2.45, 2.75) is 6.92 Å². The van der Waals surface area contributed by atoms with Crippen molar-refractivity contribution in [3.63, 3.8) is 0 Å². The molecule has 0 atom stereocenters. The first-order chi connectivity index (χ1) is 8.06. The predicted molar refractivity (Wildman–Crippen MR) is 75.9 cm³/mol. The maximum Gasteiger partial charge on any atom is 0.0455 e. The van der Waals surface area contributed by atoms with Crippen LogP contribution in [0.15, 0.2) is 36.4 Å². The van der Waals surface area contributed by atoms with E-state index < -0.39 is 0 Å². The third-order valence-electron chi connectivity index (χ3n) is 2.41. The topological polar surface area (TPSA) is 12.0 Å². The molecule has 0 aliphatic carbocycles. The summed E-state index contributed by atoms with van der Waals surface area (Å²) in [6.07, 6.45) is 0. The summed E-state index contributed by atoms with van der Waals surface area (Å²) >= 11 is 17.9. The summed E-state index contributed by atoms with van der Waals surface area (Å²) in [7, 11) is 0. The fraction of sp³-hybridized carbons (Fsp3) is 0.0769. The van der Waals surface area contributed by atoms with Gasteiger partial charge in [-0.25, -0.2) is 0 Å². The molecule has 1 N–H and O–H groups in total. The van der Waals surface area contributed by atoms with E-state index in [9.17, 15) is 0 Å². The fourth-order valence-electron chi connectivity index (χ4n) is 1.52. The highest BCUT2D eigenvalue weighted by Crippen LogP contribution is 2.29. The second-order valence-electron chi connectivity index (χ2n) is 3.70. The predicted octanol–water partition coefficient (Wildman–Crippen LogP) is 5.70. The fourth-order valence-corrected chi connectivity index (χ4v) is 2.22. The zero-order valence-electron chi connectivity index (χ0n) is 9.10. The summed E-state index contributed by atoms with van der Waals surface area (Å²) in [4.78, 5) is 0. The monoisotopic (exact) mass is 285 g/mol. The molecule has 0 spiro atoms. The van der Waals surface area contributed by atoms with Crippen LogP contribution in [0.4, 0.5) is 11.4 Å². The van der Waals surface area contributed by atoms with Crippen LogP contribution in [-0.2, 0) is 0 Å². The Kier molecular flexibility index (Phi) is 3.82. The Morgan fingerprint density at radius 3 is 2.24 bits per heavy atom. The molecular weight excluding hydrogens is 277 g/mol. The molecule has 0 bridgehead atoms. The minimum atomic E-state index is 0.597. The van der Waals surface area contributed by atoms with Crippen molar-refractivity contribution in [3.05, 3.63) is 57.0 Å². The van der Waals surface area contributed by atoms with Gasteiger partial charge >= 0.3 is 0 Å². The first-order valence-corrected chi connectivity index (χ1v) is 6.18. The lowest BCUT2D eigenvalue weighted by Crippen LogP contribution is -1.93. The van der Waals surface area contributed by atoms with Crippen molar-refractivity contribution < 1.29 is 0 Å². The van der Waals surface area contributed by atoms with E-state index in [4.69, 9.17) is 34.8 Å². The van der Waals surface area contributed by atoms with Gasteiger partial charge in [0.05, 0.1) is 0 Å². The molecule has 4 heteroatoms.